The van der Waals surface area contributed by atoms with Gasteiger partial charge in [0.15, 0.2) is 5.79 Å². The molecule has 5 heteroatoms. The molecular weight excluding hydrogens is 380 g/mol. The van der Waals surface area contributed by atoms with Crippen molar-refractivity contribution in [2.75, 3.05) is 0 Å². The molecule has 162 valence electrons. The monoisotopic (exact) mass is 412 g/mol. The maximum atomic E-state index is 13.1. The van der Waals surface area contributed by atoms with Gasteiger partial charge in [-0.3, -0.25) is 0 Å². The van der Waals surface area contributed by atoms with Crippen molar-refractivity contribution in [3.05, 3.63) is 47.5 Å². The van der Waals surface area contributed by atoms with Crippen molar-refractivity contribution in [3.8, 4) is 0 Å². The fourth-order valence-electron chi connectivity index (χ4n) is 6.40. The third-order valence-electron chi connectivity index (χ3n) is 8.02. The lowest BCUT2D eigenvalue weighted by Crippen LogP contribution is -2.66. The molecule has 2 heterocycles. The van der Waals surface area contributed by atoms with E-state index >= 15 is 0 Å². The molecule has 5 nitrogen and oxygen atoms in total. The van der Waals surface area contributed by atoms with Gasteiger partial charge >= 0.3 is 5.97 Å². The number of benzene rings is 1. The molecule has 2 bridgehead atoms. The number of hydrogen-bond donors (Lipinski definition) is 0. The first-order valence-corrected chi connectivity index (χ1v) is 11.0. The maximum Gasteiger partial charge on any atom is 0.338 e. The highest BCUT2D eigenvalue weighted by Gasteiger charge is 2.74. The van der Waals surface area contributed by atoms with Gasteiger partial charge in [-0.15, -0.1) is 0 Å². The van der Waals surface area contributed by atoms with Gasteiger partial charge in [0.1, 0.15) is 23.9 Å². The van der Waals surface area contributed by atoms with Crippen molar-refractivity contribution in [2.24, 2.45) is 11.3 Å². The molecule has 2 aliphatic heterocycles. The normalized spacial score (nSPS) is 42.8. The summed E-state index contributed by atoms with van der Waals surface area (Å²) in [6, 6.07) is 9.21. The van der Waals surface area contributed by atoms with Crippen molar-refractivity contribution >= 4 is 5.97 Å². The van der Waals surface area contributed by atoms with Crippen molar-refractivity contribution in [1.82, 2.24) is 0 Å². The van der Waals surface area contributed by atoms with Crippen molar-refractivity contribution in [2.45, 2.75) is 89.7 Å². The SMILES string of the molecule is CC1=C[C@H]2OC(C)(C)O[C@H]2[C@@]2(C)[C@@H](OC(=O)c3ccccc3)C[C@@H]3C[C@]12OC3(C)C. The van der Waals surface area contributed by atoms with E-state index in [1.807, 2.05) is 32.0 Å². The van der Waals surface area contributed by atoms with Crippen molar-refractivity contribution in [1.29, 1.82) is 0 Å². The van der Waals surface area contributed by atoms with Crippen molar-refractivity contribution in [3.63, 3.8) is 0 Å². The van der Waals surface area contributed by atoms with Crippen LogP contribution in [0.15, 0.2) is 42.0 Å². The molecule has 0 N–H and O–H groups in total. The van der Waals surface area contributed by atoms with Crippen LogP contribution in [0.4, 0.5) is 0 Å². The summed E-state index contributed by atoms with van der Waals surface area (Å²) in [7, 11) is 0. The van der Waals surface area contributed by atoms with E-state index in [0.29, 0.717) is 11.5 Å². The van der Waals surface area contributed by atoms with Gasteiger partial charge in [-0.05, 0) is 71.1 Å². The first kappa shape index (κ1) is 20.2. The van der Waals surface area contributed by atoms with Gasteiger partial charge in [-0.25, -0.2) is 4.79 Å². The Morgan fingerprint density at radius 3 is 2.47 bits per heavy atom. The Morgan fingerprint density at radius 2 is 1.77 bits per heavy atom. The maximum absolute atomic E-state index is 13.1. The highest BCUT2D eigenvalue weighted by molar-refractivity contribution is 5.89. The van der Waals surface area contributed by atoms with Gasteiger partial charge in [0.05, 0.1) is 16.6 Å². The van der Waals surface area contributed by atoms with Crippen LogP contribution in [0.1, 0.15) is 64.7 Å². The van der Waals surface area contributed by atoms with Crippen LogP contribution >= 0.6 is 0 Å². The van der Waals surface area contributed by atoms with E-state index in [4.69, 9.17) is 18.9 Å². The Balaban J connectivity index is 1.60. The third kappa shape index (κ3) is 2.61. The summed E-state index contributed by atoms with van der Waals surface area (Å²) >= 11 is 0. The van der Waals surface area contributed by atoms with E-state index in [1.54, 1.807) is 12.1 Å². The summed E-state index contributed by atoms with van der Waals surface area (Å²) < 4.78 is 25.8. The average Bonchev–Trinajstić information content (AvgIpc) is 3.11. The second-order valence-electron chi connectivity index (χ2n) is 10.6. The van der Waals surface area contributed by atoms with E-state index in [2.05, 4.69) is 33.8 Å². The molecule has 30 heavy (non-hydrogen) atoms. The zero-order valence-electron chi connectivity index (χ0n) is 18.7. The Kier molecular flexibility index (Phi) is 4.17. The minimum atomic E-state index is -0.695. The standard InChI is InChI=1S/C25H32O5/c1-15-12-18-20(29-23(4,5)28-18)24(6)19(27-21(26)16-10-8-7-9-11-16)13-17-14-25(15,24)30-22(17,2)3/h7-12,17-20H,13-14H2,1-6H3/t17-,18-,19+,20-,24-,25+/m1/s1. The molecule has 1 saturated carbocycles. The zero-order chi connectivity index (χ0) is 21.5. The quantitative estimate of drug-likeness (QED) is 0.523. The van der Waals surface area contributed by atoms with E-state index in [-0.39, 0.29) is 29.9 Å². The number of carbonyl (C=O) groups excluding carboxylic acids is 1. The van der Waals surface area contributed by atoms with Crippen LogP contribution in [0.25, 0.3) is 0 Å². The molecule has 1 aromatic rings. The lowest BCUT2D eigenvalue weighted by molar-refractivity contribution is -0.221. The van der Waals surface area contributed by atoms with Gasteiger partial charge in [0.2, 0.25) is 0 Å². The van der Waals surface area contributed by atoms with E-state index < -0.39 is 16.8 Å². The molecule has 1 aromatic carbocycles. The van der Waals surface area contributed by atoms with Crippen LogP contribution in [0.2, 0.25) is 0 Å². The Labute approximate surface area is 178 Å². The molecule has 0 amide bonds. The summed E-state index contributed by atoms with van der Waals surface area (Å²) in [6.07, 6.45) is 3.06. The highest BCUT2D eigenvalue weighted by Crippen LogP contribution is 2.67. The average molecular weight is 413 g/mol. The van der Waals surface area contributed by atoms with Crippen LogP contribution in [-0.4, -0.2) is 41.3 Å². The molecule has 1 spiro atoms. The van der Waals surface area contributed by atoms with Gasteiger partial charge in [-0.2, -0.15) is 0 Å². The van der Waals surface area contributed by atoms with Crippen LogP contribution in [0.5, 0.6) is 0 Å². The van der Waals surface area contributed by atoms with Gasteiger partial charge in [0, 0.05) is 0 Å². The van der Waals surface area contributed by atoms with Gasteiger partial charge in [0.25, 0.3) is 0 Å². The van der Waals surface area contributed by atoms with Crippen LogP contribution in [0, 0.1) is 11.3 Å². The Bertz CT molecular complexity index is 903. The van der Waals surface area contributed by atoms with Crippen LogP contribution in [0.3, 0.4) is 0 Å². The summed E-state index contributed by atoms with van der Waals surface area (Å²) in [6.45, 7) is 12.5. The molecule has 0 radical (unpaired) electrons. The fraction of sp³-hybridized carbons (Fsp3) is 0.640. The number of ether oxygens (including phenoxy) is 4. The fourth-order valence-corrected chi connectivity index (χ4v) is 6.40. The highest BCUT2D eigenvalue weighted by atomic mass is 16.8. The second kappa shape index (κ2) is 6.18. The van der Waals surface area contributed by atoms with Crippen LogP contribution < -0.4 is 0 Å². The van der Waals surface area contributed by atoms with Gasteiger partial charge in [-0.1, -0.05) is 31.2 Å². The zero-order valence-corrected chi connectivity index (χ0v) is 18.7. The van der Waals surface area contributed by atoms with E-state index in [1.165, 1.54) is 0 Å². The summed E-state index contributed by atoms with van der Waals surface area (Å²) in [5.41, 5.74) is 0.331. The molecule has 6 atom stereocenters. The lowest BCUT2D eigenvalue weighted by Gasteiger charge is -2.57. The smallest absolute Gasteiger partial charge is 0.338 e. The molecule has 3 fully saturated rings. The second-order valence-corrected chi connectivity index (χ2v) is 10.6. The number of carbonyl (C=O) groups is 1. The number of esters is 1. The minimum absolute atomic E-state index is 0.183. The predicted octanol–water partition coefficient (Wildman–Crippen LogP) is 4.66. The number of rotatable bonds is 2. The topological polar surface area (TPSA) is 54.0 Å². The minimum Gasteiger partial charge on any atom is -0.458 e. The molecular formula is C25H32O5. The Hall–Kier alpha value is -1.69. The summed E-state index contributed by atoms with van der Waals surface area (Å²) in [5, 5.41) is 0. The number of fused-ring (bicyclic) bond motifs is 3. The molecule has 0 aromatic heterocycles. The Morgan fingerprint density at radius 1 is 1.07 bits per heavy atom. The first-order valence-electron chi connectivity index (χ1n) is 11.0. The summed E-state index contributed by atoms with van der Waals surface area (Å²) in [4.78, 5) is 13.1. The summed E-state index contributed by atoms with van der Waals surface area (Å²) in [5.74, 6) is -0.688. The van der Waals surface area contributed by atoms with E-state index in [0.717, 1.165) is 18.4 Å². The van der Waals surface area contributed by atoms with E-state index in [9.17, 15) is 4.79 Å². The molecule has 0 unspecified atom stereocenters. The predicted molar refractivity (Wildman–Crippen MR) is 112 cm³/mol. The third-order valence-corrected chi connectivity index (χ3v) is 8.02. The molecule has 4 aliphatic rings. The van der Waals surface area contributed by atoms with Crippen LogP contribution in [-0.2, 0) is 18.9 Å². The number of hydrogen-bond acceptors (Lipinski definition) is 5. The van der Waals surface area contributed by atoms with Crippen molar-refractivity contribution < 1.29 is 23.7 Å². The lowest BCUT2D eigenvalue weighted by atomic mass is 9.52. The largest absolute Gasteiger partial charge is 0.458 e. The van der Waals surface area contributed by atoms with Gasteiger partial charge < -0.3 is 18.9 Å². The first-order chi connectivity index (χ1) is 14.0. The molecule has 2 saturated heterocycles. The molecule has 2 aliphatic carbocycles. The molecule has 5 rings (SSSR count).